The van der Waals surface area contributed by atoms with Crippen LogP contribution in [0.25, 0.3) is 0 Å². The molecule has 0 fully saturated rings. The molecule has 116 valence electrons. The van der Waals surface area contributed by atoms with Gasteiger partial charge in [0, 0.05) is 6.20 Å². The Kier molecular flexibility index (Phi) is 4.01. The van der Waals surface area contributed by atoms with Crippen molar-refractivity contribution in [1.82, 2.24) is 4.98 Å². The third-order valence-corrected chi connectivity index (χ3v) is 3.29. The summed E-state index contributed by atoms with van der Waals surface area (Å²) in [6.45, 7) is 0.0520. The summed E-state index contributed by atoms with van der Waals surface area (Å²) < 4.78 is 5.37. The summed E-state index contributed by atoms with van der Waals surface area (Å²) in [4.78, 5) is 21.6. The molecule has 3 N–H and O–H groups in total. The van der Waals surface area contributed by atoms with Crippen molar-refractivity contribution in [2.45, 2.75) is 0 Å². The molecule has 0 saturated heterocycles. The summed E-state index contributed by atoms with van der Waals surface area (Å²) in [7, 11) is 0. The molecule has 2 heterocycles. The van der Waals surface area contributed by atoms with E-state index in [1.54, 1.807) is 36.5 Å². The van der Waals surface area contributed by atoms with Gasteiger partial charge >= 0.3 is 0 Å². The number of nitrogens with zero attached hydrogens (tertiary/aromatic N) is 3. The number of fused-ring (bicyclic) bond motifs is 1. The number of amides is 1. The Morgan fingerprint density at radius 1 is 1.30 bits per heavy atom. The molecule has 0 spiro atoms. The largest absolute Gasteiger partial charge is 0.482 e. The summed E-state index contributed by atoms with van der Waals surface area (Å²) in [6.07, 6.45) is 1.58. The van der Waals surface area contributed by atoms with E-state index in [0.717, 1.165) is 0 Å². The number of anilines is 1. The normalized spacial score (nSPS) is 14.2. The number of aliphatic imine (C=N–C) groups is 1. The van der Waals surface area contributed by atoms with Crippen LogP contribution in [0.4, 0.5) is 5.69 Å². The zero-order chi connectivity index (χ0) is 16.2. The molecule has 0 saturated carbocycles. The topological polar surface area (TPSA) is 105 Å². The van der Waals surface area contributed by atoms with Gasteiger partial charge in [0.25, 0.3) is 5.91 Å². The number of aromatic nitrogens is 1. The summed E-state index contributed by atoms with van der Waals surface area (Å²) in [5, 5.41) is 7.91. The van der Waals surface area contributed by atoms with E-state index in [2.05, 4.69) is 9.98 Å². The fourth-order valence-corrected chi connectivity index (χ4v) is 2.23. The minimum Gasteiger partial charge on any atom is -0.482 e. The highest BCUT2D eigenvalue weighted by atomic mass is 16.5. The number of benzene rings is 1. The molecule has 0 aliphatic carbocycles. The standard InChI is InChI=1S/C16H15N5O2/c17-14(20-16(18)11-5-3-4-8-19-11)9-21-12-6-1-2-7-13(12)23-10-15(21)22/h1-8H,9-10H2,(H3,17,18,20). The molecule has 0 radical (unpaired) electrons. The Hall–Kier alpha value is -3.22. The average molecular weight is 309 g/mol. The maximum absolute atomic E-state index is 12.1. The number of nitrogens with one attached hydrogen (secondary N) is 1. The van der Waals surface area contributed by atoms with Crippen molar-refractivity contribution in [3.8, 4) is 5.75 Å². The predicted octanol–water partition coefficient (Wildman–Crippen LogP) is 1.19. The minimum absolute atomic E-state index is 0.0397. The van der Waals surface area contributed by atoms with Gasteiger partial charge in [0.1, 0.15) is 17.3 Å². The number of hydrogen-bond acceptors (Lipinski definition) is 4. The van der Waals surface area contributed by atoms with Crippen LogP contribution in [0.5, 0.6) is 5.75 Å². The van der Waals surface area contributed by atoms with Crippen molar-refractivity contribution >= 4 is 23.3 Å². The molecule has 1 aromatic carbocycles. The molecule has 0 unspecified atom stereocenters. The number of nitrogens with two attached hydrogens (primary N) is 1. The maximum Gasteiger partial charge on any atom is 0.265 e. The number of rotatable bonds is 3. The fraction of sp³-hybridized carbons (Fsp3) is 0.125. The molecule has 0 atom stereocenters. The van der Waals surface area contributed by atoms with Gasteiger partial charge in [-0.25, -0.2) is 4.99 Å². The van der Waals surface area contributed by atoms with Gasteiger partial charge < -0.3 is 10.5 Å². The third kappa shape index (κ3) is 3.18. The van der Waals surface area contributed by atoms with Crippen LogP contribution in [0.15, 0.2) is 53.7 Å². The van der Waals surface area contributed by atoms with Crippen molar-refractivity contribution in [3.05, 3.63) is 54.4 Å². The molecule has 0 bridgehead atoms. The Balaban J connectivity index is 1.80. The molecule has 3 rings (SSSR count). The van der Waals surface area contributed by atoms with E-state index in [1.807, 2.05) is 12.1 Å². The Morgan fingerprint density at radius 3 is 2.87 bits per heavy atom. The molecule has 1 aliphatic heterocycles. The highest BCUT2D eigenvalue weighted by Gasteiger charge is 2.25. The Labute approximate surface area is 132 Å². The smallest absolute Gasteiger partial charge is 0.265 e. The summed E-state index contributed by atoms with van der Waals surface area (Å²) in [5.74, 6) is 0.536. The van der Waals surface area contributed by atoms with E-state index >= 15 is 0 Å². The SMILES string of the molecule is N=C(N=C(N)CN1C(=O)COc2ccccc21)c1ccccn1. The number of pyridine rings is 1. The molecule has 2 aromatic rings. The lowest BCUT2D eigenvalue weighted by molar-refractivity contribution is -0.121. The molecule has 23 heavy (non-hydrogen) atoms. The van der Waals surface area contributed by atoms with Gasteiger partial charge in [0.05, 0.1) is 12.2 Å². The van der Waals surface area contributed by atoms with Crippen LogP contribution in [0.2, 0.25) is 0 Å². The summed E-state index contributed by atoms with van der Waals surface area (Å²) in [6, 6.07) is 12.4. The van der Waals surface area contributed by atoms with Crippen molar-refractivity contribution in [3.63, 3.8) is 0 Å². The number of carbonyl (C=O) groups is 1. The molecular formula is C16H15N5O2. The predicted molar refractivity (Wildman–Crippen MR) is 87.0 cm³/mol. The lowest BCUT2D eigenvalue weighted by Gasteiger charge is -2.28. The van der Waals surface area contributed by atoms with Crippen molar-refractivity contribution in [2.24, 2.45) is 10.7 Å². The number of amidine groups is 2. The Bertz CT molecular complexity index is 773. The van der Waals surface area contributed by atoms with E-state index in [-0.39, 0.29) is 30.7 Å². The molecule has 1 aliphatic rings. The summed E-state index contributed by atoms with van der Waals surface area (Å²) in [5.41, 5.74) is 6.97. The maximum atomic E-state index is 12.1. The van der Waals surface area contributed by atoms with Crippen molar-refractivity contribution < 1.29 is 9.53 Å². The van der Waals surface area contributed by atoms with E-state index in [1.165, 1.54) is 4.90 Å². The fourth-order valence-electron chi connectivity index (χ4n) is 2.23. The van der Waals surface area contributed by atoms with Crippen LogP contribution in [0, 0.1) is 5.41 Å². The highest BCUT2D eigenvalue weighted by molar-refractivity contribution is 6.07. The molecule has 7 nitrogen and oxygen atoms in total. The summed E-state index contributed by atoms with van der Waals surface area (Å²) >= 11 is 0. The first-order chi connectivity index (χ1) is 11.1. The second-order valence-electron chi connectivity index (χ2n) is 4.90. The van der Waals surface area contributed by atoms with E-state index < -0.39 is 0 Å². The van der Waals surface area contributed by atoms with Gasteiger partial charge in [-0.05, 0) is 24.3 Å². The van der Waals surface area contributed by atoms with Gasteiger partial charge in [-0.2, -0.15) is 0 Å². The van der Waals surface area contributed by atoms with Gasteiger partial charge in [-0.3, -0.25) is 20.1 Å². The third-order valence-electron chi connectivity index (χ3n) is 3.29. The minimum atomic E-state index is -0.203. The van der Waals surface area contributed by atoms with Crippen LogP contribution in [-0.2, 0) is 4.79 Å². The quantitative estimate of drug-likeness (QED) is 0.656. The second kappa shape index (κ2) is 6.27. The van der Waals surface area contributed by atoms with E-state index in [4.69, 9.17) is 15.9 Å². The Morgan fingerprint density at radius 2 is 2.09 bits per heavy atom. The molecule has 7 heteroatoms. The number of hydrogen-bond donors (Lipinski definition) is 2. The number of ether oxygens (including phenoxy) is 1. The van der Waals surface area contributed by atoms with E-state index in [9.17, 15) is 4.79 Å². The molecule has 1 aromatic heterocycles. The van der Waals surface area contributed by atoms with Crippen molar-refractivity contribution in [1.29, 1.82) is 5.41 Å². The van der Waals surface area contributed by atoms with E-state index in [0.29, 0.717) is 17.1 Å². The second-order valence-corrected chi connectivity index (χ2v) is 4.90. The monoisotopic (exact) mass is 309 g/mol. The zero-order valence-electron chi connectivity index (χ0n) is 12.3. The molecule has 1 amide bonds. The first-order valence-electron chi connectivity index (χ1n) is 7.00. The van der Waals surface area contributed by atoms with Crippen LogP contribution < -0.4 is 15.4 Å². The van der Waals surface area contributed by atoms with Gasteiger partial charge in [0.2, 0.25) is 0 Å². The van der Waals surface area contributed by atoms with Gasteiger partial charge in [0.15, 0.2) is 12.4 Å². The van der Waals surface area contributed by atoms with Gasteiger partial charge in [-0.1, -0.05) is 18.2 Å². The van der Waals surface area contributed by atoms with Crippen LogP contribution in [-0.4, -0.2) is 35.7 Å². The first-order valence-corrected chi connectivity index (χ1v) is 7.00. The van der Waals surface area contributed by atoms with Gasteiger partial charge in [-0.15, -0.1) is 0 Å². The lowest BCUT2D eigenvalue weighted by Crippen LogP contribution is -2.44. The average Bonchev–Trinajstić information content (AvgIpc) is 2.58. The molecular weight excluding hydrogens is 294 g/mol. The number of carbonyl (C=O) groups excluding carboxylic acids is 1. The van der Waals surface area contributed by atoms with Crippen LogP contribution >= 0.6 is 0 Å². The highest BCUT2D eigenvalue weighted by Crippen LogP contribution is 2.31. The van der Waals surface area contributed by atoms with Crippen LogP contribution in [0.1, 0.15) is 5.69 Å². The first kappa shape index (κ1) is 14.7. The zero-order valence-corrected chi connectivity index (χ0v) is 12.3. The van der Waals surface area contributed by atoms with Crippen LogP contribution in [0.3, 0.4) is 0 Å². The van der Waals surface area contributed by atoms with Crippen molar-refractivity contribution in [2.75, 3.05) is 18.1 Å². The number of para-hydroxylation sites is 2. The lowest BCUT2D eigenvalue weighted by atomic mass is 10.2.